The van der Waals surface area contributed by atoms with Gasteiger partial charge in [0.25, 0.3) is 0 Å². The molecule has 6 nitrogen and oxygen atoms in total. The Bertz CT molecular complexity index is 915. The van der Waals surface area contributed by atoms with Crippen LogP contribution in [0, 0.1) is 13.8 Å². The number of hydrogen-bond donors (Lipinski definition) is 1. The predicted molar refractivity (Wildman–Crippen MR) is 96.3 cm³/mol. The molecular weight excluding hydrogens is 314 g/mol. The van der Waals surface area contributed by atoms with Gasteiger partial charge in [0.15, 0.2) is 5.82 Å². The number of likely N-dealkylation sites (tertiary alicyclic amines) is 1. The van der Waals surface area contributed by atoms with Gasteiger partial charge in [-0.25, -0.2) is 9.50 Å². The number of carbonyl (C=O) groups excluding carboxylic acids is 1. The lowest BCUT2D eigenvalue weighted by Gasteiger charge is -2.18. The van der Waals surface area contributed by atoms with Gasteiger partial charge in [-0.2, -0.15) is 5.10 Å². The Morgan fingerprint density at radius 1 is 1.24 bits per heavy atom. The number of nitrogens with one attached hydrogen (secondary N) is 1. The van der Waals surface area contributed by atoms with Gasteiger partial charge < -0.3 is 10.2 Å². The summed E-state index contributed by atoms with van der Waals surface area (Å²) in [7, 11) is 0. The van der Waals surface area contributed by atoms with E-state index in [1.54, 1.807) is 10.7 Å². The number of anilines is 1. The molecule has 0 radical (unpaired) electrons. The van der Waals surface area contributed by atoms with Crippen LogP contribution in [0.5, 0.6) is 0 Å². The molecule has 3 aromatic rings. The zero-order valence-electron chi connectivity index (χ0n) is 14.4. The van der Waals surface area contributed by atoms with Crippen LogP contribution in [0.2, 0.25) is 0 Å². The predicted octanol–water partition coefficient (Wildman–Crippen LogP) is 2.56. The lowest BCUT2D eigenvalue weighted by Crippen LogP contribution is -2.33. The van der Waals surface area contributed by atoms with E-state index in [2.05, 4.69) is 46.6 Å². The van der Waals surface area contributed by atoms with Crippen molar-refractivity contribution < 1.29 is 4.79 Å². The minimum atomic E-state index is -0.237. The monoisotopic (exact) mass is 335 g/mol. The molecule has 0 aliphatic carbocycles. The number of nitrogens with zero attached hydrogens (tertiary/aromatic N) is 4. The Kier molecular flexibility index (Phi) is 3.87. The third-order valence-corrected chi connectivity index (χ3v) is 4.61. The quantitative estimate of drug-likeness (QED) is 0.796. The summed E-state index contributed by atoms with van der Waals surface area (Å²) in [6.45, 7) is 5.42. The number of hydrogen-bond acceptors (Lipinski definition) is 4. The van der Waals surface area contributed by atoms with E-state index in [0.29, 0.717) is 12.4 Å². The Morgan fingerprint density at radius 3 is 2.84 bits per heavy atom. The molecular formula is C19H21N5O. The minimum Gasteiger partial charge on any atom is -0.357 e. The number of carbonyl (C=O) groups is 1. The Labute approximate surface area is 146 Å². The van der Waals surface area contributed by atoms with Gasteiger partial charge in [0.1, 0.15) is 11.6 Å². The molecule has 128 valence electrons. The molecule has 25 heavy (non-hydrogen) atoms. The zero-order valence-corrected chi connectivity index (χ0v) is 14.4. The minimum absolute atomic E-state index is 0.126. The van der Waals surface area contributed by atoms with E-state index < -0.39 is 0 Å². The van der Waals surface area contributed by atoms with Crippen molar-refractivity contribution >= 4 is 17.2 Å². The third kappa shape index (κ3) is 3.07. The van der Waals surface area contributed by atoms with Gasteiger partial charge in [-0.3, -0.25) is 4.79 Å². The van der Waals surface area contributed by atoms with Crippen molar-refractivity contribution in [1.29, 1.82) is 0 Å². The second-order valence-electron chi connectivity index (χ2n) is 6.62. The van der Waals surface area contributed by atoms with Crippen molar-refractivity contribution in [1.82, 2.24) is 19.5 Å². The van der Waals surface area contributed by atoms with Crippen molar-refractivity contribution in [3.63, 3.8) is 0 Å². The largest absolute Gasteiger partial charge is 0.357 e. The fraction of sp³-hybridized carbons (Fsp3) is 0.316. The van der Waals surface area contributed by atoms with Crippen LogP contribution < -0.4 is 5.32 Å². The Hall–Kier alpha value is -2.89. The summed E-state index contributed by atoms with van der Waals surface area (Å²) in [5, 5.41) is 7.70. The highest BCUT2D eigenvalue weighted by Crippen LogP contribution is 2.21. The normalized spacial score (nSPS) is 17.4. The average molecular weight is 335 g/mol. The first kappa shape index (κ1) is 15.6. The summed E-state index contributed by atoms with van der Waals surface area (Å²) >= 11 is 0. The smallest absolute Gasteiger partial charge is 0.245 e. The summed E-state index contributed by atoms with van der Waals surface area (Å²) in [4.78, 5) is 19.0. The summed E-state index contributed by atoms with van der Waals surface area (Å²) in [5.74, 6) is 0.833. The van der Waals surface area contributed by atoms with E-state index in [-0.39, 0.29) is 11.9 Å². The first-order chi connectivity index (χ1) is 12.1. The molecule has 3 heterocycles. The SMILES string of the molecule is Cc1ccc(CN2CCC(Nc3nccn4nc(C)cc34)C2=O)cc1. The van der Waals surface area contributed by atoms with Crippen LogP contribution >= 0.6 is 0 Å². The molecule has 1 aliphatic rings. The molecule has 1 saturated heterocycles. The summed E-state index contributed by atoms with van der Waals surface area (Å²) < 4.78 is 1.79. The maximum absolute atomic E-state index is 12.7. The molecule has 1 aromatic carbocycles. The van der Waals surface area contributed by atoms with Crippen LogP contribution in [0.1, 0.15) is 23.2 Å². The number of fused-ring (bicyclic) bond motifs is 1. The van der Waals surface area contributed by atoms with Crippen molar-refractivity contribution in [2.75, 3.05) is 11.9 Å². The molecule has 0 saturated carbocycles. The van der Waals surface area contributed by atoms with E-state index in [1.807, 2.05) is 24.1 Å². The molecule has 1 unspecified atom stereocenters. The molecule has 0 spiro atoms. The van der Waals surface area contributed by atoms with Gasteiger partial charge in [-0.1, -0.05) is 29.8 Å². The summed E-state index contributed by atoms with van der Waals surface area (Å²) in [6.07, 6.45) is 4.29. The van der Waals surface area contributed by atoms with Gasteiger partial charge in [0, 0.05) is 25.5 Å². The number of aromatic nitrogens is 3. The van der Waals surface area contributed by atoms with Crippen LogP contribution in [0.4, 0.5) is 5.82 Å². The average Bonchev–Trinajstić information content (AvgIpc) is 3.14. The third-order valence-electron chi connectivity index (χ3n) is 4.61. The standard InChI is InChI=1S/C19H21N5O/c1-13-3-5-15(6-4-13)12-23-9-7-16(19(23)25)21-18-17-11-14(2)22-24(17)10-8-20-18/h3-6,8,10-11,16H,7,9,12H2,1-2H3,(H,20,21). The van der Waals surface area contributed by atoms with E-state index >= 15 is 0 Å². The van der Waals surface area contributed by atoms with Gasteiger partial charge >= 0.3 is 0 Å². The number of amides is 1. The van der Waals surface area contributed by atoms with Crippen LogP contribution in [0.25, 0.3) is 5.52 Å². The highest BCUT2D eigenvalue weighted by Gasteiger charge is 2.32. The van der Waals surface area contributed by atoms with Gasteiger partial charge in [-0.15, -0.1) is 0 Å². The highest BCUT2D eigenvalue weighted by molar-refractivity contribution is 5.87. The summed E-state index contributed by atoms with van der Waals surface area (Å²) in [6, 6.07) is 10.1. The summed E-state index contributed by atoms with van der Waals surface area (Å²) in [5.41, 5.74) is 4.21. The van der Waals surface area contributed by atoms with Gasteiger partial charge in [0.05, 0.1) is 5.69 Å². The van der Waals surface area contributed by atoms with Crippen LogP contribution in [0.3, 0.4) is 0 Å². The van der Waals surface area contributed by atoms with E-state index in [9.17, 15) is 4.79 Å². The molecule has 1 aliphatic heterocycles. The van der Waals surface area contributed by atoms with Crippen molar-refractivity contribution in [3.8, 4) is 0 Å². The Morgan fingerprint density at radius 2 is 2.04 bits per heavy atom. The second-order valence-corrected chi connectivity index (χ2v) is 6.62. The molecule has 1 N–H and O–H groups in total. The lowest BCUT2D eigenvalue weighted by molar-refractivity contribution is -0.128. The Balaban J connectivity index is 1.48. The molecule has 1 fully saturated rings. The van der Waals surface area contributed by atoms with Crippen molar-refractivity contribution in [2.45, 2.75) is 32.9 Å². The fourth-order valence-corrected chi connectivity index (χ4v) is 3.26. The molecule has 1 atom stereocenters. The van der Waals surface area contributed by atoms with Crippen LogP contribution in [-0.4, -0.2) is 38.0 Å². The van der Waals surface area contributed by atoms with E-state index in [1.165, 1.54) is 5.56 Å². The second kappa shape index (κ2) is 6.20. The van der Waals surface area contributed by atoms with E-state index in [0.717, 1.165) is 29.7 Å². The van der Waals surface area contributed by atoms with Crippen molar-refractivity contribution in [2.24, 2.45) is 0 Å². The van der Waals surface area contributed by atoms with Crippen LogP contribution in [0.15, 0.2) is 42.7 Å². The van der Waals surface area contributed by atoms with E-state index in [4.69, 9.17) is 0 Å². The first-order valence-electron chi connectivity index (χ1n) is 8.52. The zero-order chi connectivity index (χ0) is 17.4. The topological polar surface area (TPSA) is 62.5 Å². The first-order valence-corrected chi connectivity index (χ1v) is 8.52. The molecule has 0 bridgehead atoms. The molecule has 4 rings (SSSR count). The number of aryl methyl sites for hydroxylation is 2. The maximum Gasteiger partial charge on any atom is 0.245 e. The highest BCUT2D eigenvalue weighted by atomic mass is 16.2. The fourth-order valence-electron chi connectivity index (χ4n) is 3.26. The number of benzene rings is 1. The van der Waals surface area contributed by atoms with Gasteiger partial charge in [0.2, 0.25) is 5.91 Å². The van der Waals surface area contributed by atoms with Crippen molar-refractivity contribution in [3.05, 3.63) is 59.5 Å². The van der Waals surface area contributed by atoms with Gasteiger partial charge in [-0.05, 0) is 31.9 Å². The molecule has 1 amide bonds. The maximum atomic E-state index is 12.7. The lowest BCUT2D eigenvalue weighted by atomic mass is 10.1. The molecule has 2 aromatic heterocycles. The number of rotatable bonds is 4. The molecule has 6 heteroatoms. The van der Waals surface area contributed by atoms with Crippen LogP contribution in [-0.2, 0) is 11.3 Å².